The first kappa shape index (κ1) is 23.5. The van der Waals surface area contributed by atoms with Gasteiger partial charge in [0.25, 0.3) is 0 Å². The molecular weight excluding hydrogens is 404 g/mol. The van der Waals surface area contributed by atoms with Gasteiger partial charge in [0.1, 0.15) is 24.7 Å². The molecule has 1 N–H and O–H groups in total. The summed E-state index contributed by atoms with van der Waals surface area (Å²) in [5, 5.41) is 2.70. The zero-order valence-electron chi connectivity index (χ0n) is 18.1. The van der Waals surface area contributed by atoms with E-state index in [1.807, 2.05) is 39.8 Å². The number of ether oxygens (including phenoxy) is 2. The molecule has 164 valence electrons. The standard InChI is InChI=1S/C22H30N2O5S/c1-16(2)29-20-8-6-7-19(14-20)24(30(5,26)27)15-22(25)23-9-10-28-21-12-17(3)11-18(4)13-21/h6-8,11-14,16H,9-10,15H2,1-5H3,(H,23,25). The van der Waals surface area contributed by atoms with Crippen LogP contribution in [-0.4, -0.2) is 46.4 Å². The smallest absolute Gasteiger partial charge is 0.240 e. The number of hydrogen-bond acceptors (Lipinski definition) is 5. The average molecular weight is 435 g/mol. The zero-order valence-corrected chi connectivity index (χ0v) is 19.0. The molecule has 0 aliphatic heterocycles. The van der Waals surface area contributed by atoms with Crippen LogP contribution in [0.5, 0.6) is 11.5 Å². The van der Waals surface area contributed by atoms with Gasteiger partial charge in [-0.15, -0.1) is 0 Å². The number of carbonyl (C=O) groups is 1. The first-order valence-corrected chi connectivity index (χ1v) is 11.6. The fraction of sp³-hybridized carbons (Fsp3) is 0.409. The predicted octanol–water partition coefficient (Wildman–Crippen LogP) is 3.05. The molecule has 0 saturated carbocycles. The van der Waals surface area contributed by atoms with Crippen LogP contribution in [0.15, 0.2) is 42.5 Å². The summed E-state index contributed by atoms with van der Waals surface area (Å²) in [6, 6.07) is 12.6. The van der Waals surface area contributed by atoms with Crippen molar-refractivity contribution in [3.63, 3.8) is 0 Å². The van der Waals surface area contributed by atoms with Gasteiger partial charge in [0.2, 0.25) is 15.9 Å². The molecule has 2 aromatic carbocycles. The predicted molar refractivity (Wildman–Crippen MR) is 119 cm³/mol. The largest absolute Gasteiger partial charge is 0.492 e. The number of amides is 1. The minimum Gasteiger partial charge on any atom is -0.492 e. The summed E-state index contributed by atoms with van der Waals surface area (Å²) in [4.78, 5) is 12.4. The Kier molecular flexibility index (Phi) is 8.11. The van der Waals surface area contributed by atoms with Gasteiger partial charge >= 0.3 is 0 Å². The number of hydrogen-bond donors (Lipinski definition) is 1. The second-order valence-corrected chi connectivity index (χ2v) is 9.36. The molecule has 2 aromatic rings. The molecule has 0 radical (unpaired) electrons. The lowest BCUT2D eigenvalue weighted by molar-refractivity contribution is -0.119. The second-order valence-electron chi connectivity index (χ2n) is 7.46. The zero-order chi connectivity index (χ0) is 22.3. The Morgan fingerprint density at radius 2 is 1.73 bits per heavy atom. The quantitative estimate of drug-likeness (QED) is 0.581. The van der Waals surface area contributed by atoms with Crippen molar-refractivity contribution in [2.75, 3.05) is 30.3 Å². The molecule has 0 unspecified atom stereocenters. The maximum atomic E-state index is 12.4. The monoisotopic (exact) mass is 434 g/mol. The third-order valence-corrected chi connectivity index (χ3v) is 5.19. The van der Waals surface area contributed by atoms with Crippen LogP contribution in [0, 0.1) is 13.8 Å². The molecule has 0 aliphatic rings. The maximum absolute atomic E-state index is 12.4. The van der Waals surface area contributed by atoms with Crippen molar-refractivity contribution in [2.45, 2.75) is 33.8 Å². The van der Waals surface area contributed by atoms with Crippen LogP contribution < -0.4 is 19.1 Å². The van der Waals surface area contributed by atoms with Crippen molar-refractivity contribution in [1.82, 2.24) is 5.32 Å². The van der Waals surface area contributed by atoms with Gasteiger partial charge in [-0.1, -0.05) is 12.1 Å². The Balaban J connectivity index is 1.96. The van der Waals surface area contributed by atoms with E-state index in [0.29, 0.717) is 11.4 Å². The Hall–Kier alpha value is -2.74. The number of carbonyl (C=O) groups excluding carboxylic acids is 1. The van der Waals surface area contributed by atoms with Crippen LogP contribution in [0.25, 0.3) is 0 Å². The summed E-state index contributed by atoms with van der Waals surface area (Å²) in [6.07, 6.45) is 1.02. The minimum atomic E-state index is -3.66. The number of anilines is 1. The summed E-state index contributed by atoms with van der Waals surface area (Å²) in [5.74, 6) is 0.861. The molecule has 0 heterocycles. The van der Waals surface area contributed by atoms with Gasteiger partial charge in [-0.25, -0.2) is 8.42 Å². The molecule has 7 nitrogen and oxygen atoms in total. The average Bonchev–Trinajstić information content (AvgIpc) is 2.61. The van der Waals surface area contributed by atoms with Crippen molar-refractivity contribution in [3.05, 3.63) is 53.6 Å². The SMILES string of the molecule is Cc1cc(C)cc(OCCNC(=O)CN(c2cccc(OC(C)C)c2)S(C)(=O)=O)c1. The molecule has 8 heteroatoms. The van der Waals surface area contributed by atoms with Gasteiger partial charge in [0.05, 0.1) is 24.6 Å². The van der Waals surface area contributed by atoms with Gasteiger partial charge in [-0.3, -0.25) is 9.10 Å². The summed E-state index contributed by atoms with van der Waals surface area (Å²) >= 11 is 0. The van der Waals surface area contributed by atoms with Crippen LogP contribution in [0.3, 0.4) is 0 Å². The molecule has 0 fully saturated rings. The second kappa shape index (κ2) is 10.3. The summed E-state index contributed by atoms with van der Waals surface area (Å²) in [6.45, 7) is 7.97. The highest BCUT2D eigenvalue weighted by atomic mass is 32.2. The van der Waals surface area contributed by atoms with Crippen LogP contribution >= 0.6 is 0 Å². The third kappa shape index (κ3) is 7.59. The Morgan fingerprint density at radius 3 is 2.33 bits per heavy atom. The van der Waals surface area contributed by atoms with E-state index in [-0.39, 0.29) is 25.8 Å². The van der Waals surface area contributed by atoms with Crippen LogP contribution in [0.1, 0.15) is 25.0 Å². The molecule has 0 bridgehead atoms. The molecule has 0 atom stereocenters. The molecular formula is C22H30N2O5S. The summed E-state index contributed by atoms with van der Waals surface area (Å²) in [7, 11) is -3.66. The first-order chi connectivity index (χ1) is 14.0. The van der Waals surface area contributed by atoms with E-state index in [1.165, 1.54) is 0 Å². The van der Waals surface area contributed by atoms with Crippen LogP contribution in [0.4, 0.5) is 5.69 Å². The number of sulfonamides is 1. The van der Waals surface area contributed by atoms with E-state index in [1.54, 1.807) is 24.3 Å². The van der Waals surface area contributed by atoms with E-state index >= 15 is 0 Å². The molecule has 0 saturated heterocycles. The number of aryl methyl sites for hydroxylation is 2. The Labute approximate surface area is 179 Å². The lowest BCUT2D eigenvalue weighted by atomic mass is 10.1. The van der Waals surface area contributed by atoms with Gasteiger partial charge < -0.3 is 14.8 Å². The highest BCUT2D eigenvalue weighted by Gasteiger charge is 2.21. The fourth-order valence-corrected chi connectivity index (χ4v) is 3.79. The van der Waals surface area contributed by atoms with Gasteiger partial charge in [0.15, 0.2) is 0 Å². The van der Waals surface area contributed by atoms with E-state index in [9.17, 15) is 13.2 Å². The van der Waals surface area contributed by atoms with Crippen LogP contribution in [-0.2, 0) is 14.8 Å². The van der Waals surface area contributed by atoms with Gasteiger partial charge in [0, 0.05) is 6.07 Å². The van der Waals surface area contributed by atoms with E-state index in [0.717, 1.165) is 27.4 Å². The molecule has 0 aliphatic carbocycles. The van der Waals surface area contributed by atoms with E-state index in [2.05, 4.69) is 11.4 Å². The van der Waals surface area contributed by atoms with Crippen molar-refractivity contribution < 1.29 is 22.7 Å². The number of benzene rings is 2. The number of rotatable bonds is 10. The van der Waals surface area contributed by atoms with Crippen LogP contribution in [0.2, 0.25) is 0 Å². The molecule has 30 heavy (non-hydrogen) atoms. The van der Waals surface area contributed by atoms with Gasteiger partial charge in [-0.2, -0.15) is 0 Å². The summed E-state index contributed by atoms with van der Waals surface area (Å²) < 4.78 is 36.9. The Bertz CT molecular complexity index is 953. The Morgan fingerprint density at radius 1 is 1.07 bits per heavy atom. The van der Waals surface area contributed by atoms with E-state index < -0.39 is 15.9 Å². The van der Waals surface area contributed by atoms with Gasteiger partial charge in [-0.05, 0) is 63.1 Å². The highest BCUT2D eigenvalue weighted by molar-refractivity contribution is 7.92. The number of nitrogens with zero attached hydrogens (tertiary/aromatic N) is 1. The lowest BCUT2D eigenvalue weighted by Crippen LogP contribution is -2.41. The highest BCUT2D eigenvalue weighted by Crippen LogP contribution is 2.24. The number of nitrogens with one attached hydrogen (secondary N) is 1. The van der Waals surface area contributed by atoms with Crippen molar-refractivity contribution in [3.8, 4) is 11.5 Å². The minimum absolute atomic E-state index is 0.0487. The van der Waals surface area contributed by atoms with Crippen molar-refractivity contribution in [1.29, 1.82) is 0 Å². The first-order valence-electron chi connectivity index (χ1n) is 9.77. The molecule has 0 spiro atoms. The summed E-state index contributed by atoms with van der Waals surface area (Å²) in [5.41, 5.74) is 2.57. The molecule has 2 rings (SSSR count). The lowest BCUT2D eigenvalue weighted by Gasteiger charge is -2.22. The normalized spacial score (nSPS) is 11.3. The fourth-order valence-electron chi connectivity index (χ4n) is 2.95. The topological polar surface area (TPSA) is 84.9 Å². The van der Waals surface area contributed by atoms with E-state index in [4.69, 9.17) is 9.47 Å². The molecule has 1 amide bonds. The van der Waals surface area contributed by atoms with Crippen molar-refractivity contribution in [2.24, 2.45) is 0 Å². The molecule has 0 aromatic heterocycles. The third-order valence-electron chi connectivity index (χ3n) is 4.05. The van der Waals surface area contributed by atoms with Crippen molar-refractivity contribution >= 4 is 21.6 Å². The maximum Gasteiger partial charge on any atom is 0.240 e.